The number of carbonyl (C=O) groups is 2. The molecule has 22 heavy (non-hydrogen) atoms. The largest absolute Gasteiger partial charge is 0.462 e. The van der Waals surface area contributed by atoms with Gasteiger partial charge in [0.25, 0.3) is 0 Å². The van der Waals surface area contributed by atoms with Gasteiger partial charge in [-0.25, -0.2) is 9.59 Å². The number of rotatable bonds is 7. The highest BCUT2D eigenvalue weighted by Gasteiger charge is 2.44. The lowest BCUT2D eigenvalue weighted by molar-refractivity contribution is -0.174. The Bertz CT molecular complexity index is 540. The Morgan fingerprint density at radius 2 is 1.86 bits per heavy atom. The van der Waals surface area contributed by atoms with Crippen molar-refractivity contribution in [3.05, 3.63) is 48.0 Å². The molecule has 0 aliphatic heterocycles. The number of carbonyl (C=O) groups excluding carboxylic acids is 2. The Morgan fingerprint density at radius 3 is 2.36 bits per heavy atom. The highest BCUT2D eigenvalue weighted by atomic mass is 19.3. The zero-order valence-electron chi connectivity index (χ0n) is 12.5. The lowest BCUT2D eigenvalue weighted by Crippen LogP contribution is -2.36. The maximum absolute atomic E-state index is 13.8. The van der Waals surface area contributed by atoms with E-state index in [-0.39, 0.29) is 17.7 Å². The van der Waals surface area contributed by atoms with Crippen LogP contribution in [0.3, 0.4) is 0 Å². The van der Waals surface area contributed by atoms with Crippen LogP contribution < -0.4 is 0 Å². The van der Waals surface area contributed by atoms with Crippen molar-refractivity contribution in [2.24, 2.45) is 0 Å². The molecule has 1 rings (SSSR count). The Balaban J connectivity index is 2.80. The summed E-state index contributed by atoms with van der Waals surface area (Å²) in [6, 6.07) is 7.96. The third kappa shape index (κ3) is 4.95. The zero-order valence-corrected chi connectivity index (χ0v) is 12.5. The van der Waals surface area contributed by atoms with Crippen molar-refractivity contribution in [1.82, 2.24) is 0 Å². The van der Waals surface area contributed by atoms with Gasteiger partial charge >= 0.3 is 17.9 Å². The molecule has 1 aromatic rings. The van der Waals surface area contributed by atoms with Gasteiger partial charge in [-0.1, -0.05) is 24.8 Å². The smallest absolute Gasteiger partial charge is 0.377 e. The normalized spacial score (nSPS) is 12.4. The SMILES string of the molecule is C=C(C)C(CC(F)(F)C(=O)OCC)OC(=O)c1ccccc1. The molecule has 0 saturated carbocycles. The van der Waals surface area contributed by atoms with Gasteiger partial charge < -0.3 is 9.47 Å². The van der Waals surface area contributed by atoms with Gasteiger partial charge in [-0.3, -0.25) is 0 Å². The van der Waals surface area contributed by atoms with E-state index < -0.39 is 30.4 Å². The Kier molecular flexibility index (Phi) is 6.22. The fraction of sp³-hybridized carbons (Fsp3) is 0.375. The molecular weight excluding hydrogens is 294 g/mol. The molecule has 1 aromatic carbocycles. The molecule has 0 N–H and O–H groups in total. The quantitative estimate of drug-likeness (QED) is 0.572. The second kappa shape index (κ2) is 7.68. The minimum Gasteiger partial charge on any atom is -0.462 e. The molecular formula is C16H18F2O4. The van der Waals surface area contributed by atoms with E-state index in [9.17, 15) is 18.4 Å². The van der Waals surface area contributed by atoms with Gasteiger partial charge in [0.2, 0.25) is 0 Å². The number of ether oxygens (including phenoxy) is 2. The van der Waals surface area contributed by atoms with Crippen LogP contribution in [0, 0.1) is 0 Å². The molecule has 0 bridgehead atoms. The number of benzene rings is 1. The summed E-state index contributed by atoms with van der Waals surface area (Å²) in [5, 5.41) is 0. The van der Waals surface area contributed by atoms with Crippen molar-refractivity contribution >= 4 is 11.9 Å². The van der Waals surface area contributed by atoms with E-state index in [1.165, 1.54) is 26.0 Å². The summed E-state index contributed by atoms with van der Waals surface area (Å²) >= 11 is 0. The van der Waals surface area contributed by atoms with E-state index in [2.05, 4.69) is 11.3 Å². The average molecular weight is 312 g/mol. The molecule has 0 saturated heterocycles. The topological polar surface area (TPSA) is 52.6 Å². The van der Waals surface area contributed by atoms with Crippen molar-refractivity contribution in [3.63, 3.8) is 0 Å². The van der Waals surface area contributed by atoms with Gasteiger partial charge in [-0.2, -0.15) is 8.78 Å². The van der Waals surface area contributed by atoms with Crippen molar-refractivity contribution in [2.45, 2.75) is 32.3 Å². The minimum atomic E-state index is -3.75. The first-order valence-electron chi connectivity index (χ1n) is 6.74. The maximum Gasteiger partial charge on any atom is 0.377 e. The van der Waals surface area contributed by atoms with E-state index in [1.54, 1.807) is 18.2 Å². The summed E-state index contributed by atoms with van der Waals surface area (Å²) in [5.74, 6) is -6.15. The van der Waals surface area contributed by atoms with Crippen LogP contribution in [0.4, 0.5) is 8.78 Å². The highest BCUT2D eigenvalue weighted by molar-refractivity contribution is 5.89. The molecule has 4 nitrogen and oxygen atoms in total. The molecule has 120 valence electrons. The molecule has 0 heterocycles. The van der Waals surface area contributed by atoms with Crippen LogP contribution >= 0.6 is 0 Å². The third-order valence-corrected chi connectivity index (χ3v) is 2.82. The minimum absolute atomic E-state index is 0.157. The molecule has 6 heteroatoms. The second-order valence-corrected chi connectivity index (χ2v) is 4.74. The van der Waals surface area contributed by atoms with Gasteiger partial charge in [0.05, 0.1) is 18.6 Å². The molecule has 0 aliphatic carbocycles. The summed E-state index contributed by atoms with van der Waals surface area (Å²) in [4.78, 5) is 23.2. The summed E-state index contributed by atoms with van der Waals surface area (Å²) < 4.78 is 36.9. The molecule has 0 fully saturated rings. The number of alkyl halides is 2. The number of halogens is 2. The van der Waals surface area contributed by atoms with Crippen LogP contribution in [0.25, 0.3) is 0 Å². The predicted octanol–water partition coefficient (Wildman–Crippen LogP) is 3.38. The fourth-order valence-corrected chi connectivity index (χ4v) is 1.64. The summed E-state index contributed by atoms with van der Waals surface area (Å²) in [7, 11) is 0. The van der Waals surface area contributed by atoms with Crippen molar-refractivity contribution in [2.75, 3.05) is 6.61 Å². The van der Waals surface area contributed by atoms with Crippen molar-refractivity contribution in [1.29, 1.82) is 0 Å². The van der Waals surface area contributed by atoms with Gasteiger partial charge in [-0.15, -0.1) is 0 Å². The number of hydrogen-bond donors (Lipinski definition) is 0. The predicted molar refractivity (Wildman–Crippen MR) is 76.7 cm³/mol. The maximum atomic E-state index is 13.8. The monoisotopic (exact) mass is 312 g/mol. The van der Waals surface area contributed by atoms with Crippen molar-refractivity contribution in [3.8, 4) is 0 Å². The molecule has 0 spiro atoms. The van der Waals surface area contributed by atoms with E-state index in [0.717, 1.165) is 0 Å². The molecule has 1 atom stereocenters. The molecule has 0 aliphatic rings. The van der Waals surface area contributed by atoms with E-state index >= 15 is 0 Å². The van der Waals surface area contributed by atoms with Crippen LogP contribution in [0.15, 0.2) is 42.5 Å². The third-order valence-electron chi connectivity index (χ3n) is 2.82. The number of hydrogen-bond acceptors (Lipinski definition) is 4. The van der Waals surface area contributed by atoms with Crippen LogP contribution in [0.1, 0.15) is 30.6 Å². The van der Waals surface area contributed by atoms with Crippen LogP contribution in [0.5, 0.6) is 0 Å². The van der Waals surface area contributed by atoms with E-state index in [0.29, 0.717) is 0 Å². The molecule has 0 radical (unpaired) electrons. The Morgan fingerprint density at radius 1 is 1.27 bits per heavy atom. The van der Waals surface area contributed by atoms with Crippen molar-refractivity contribution < 1.29 is 27.8 Å². The fourth-order valence-electron chi connectivity index (χ4n) is 1.64. The summed E-state index contributed by atoms with van der Waals surface area (Å²) in [6.07, 6.45) is -2.29. The number of esters is 2. The van der Waals surface area contributed by atoms with Gasteiger partial charge in [0.1, 0.15) is 6.10 Å². The molecule has 0 amide bonds. The first-order chi connectivity index (χ1) is 10.3. The lowest BCUT2D eigenvalue weighted by atomic mass is 10.1. The lowest BCUT2D eigenvalue weighted by Gasteiger charge is -2.22. The van der Waals surface area contributed by atoms with Crippen LogP contribution in [-0.2, 0) is 14.3 Å². The van der Waals surface area contributed by atoms with Gasteiger partial charge in [-0.05, 0) is 31.6 Å². The highest BCUT2D eigenvalue weighted by Crippen LogP contribution is 2.27. The molecule has 0 aromatic heterocycles. The summed E-state index contributed by atoms with van der Waals surface area (Å²) in [6.45, 7) is 6.25. The van der Waals surface area contributed by atoms with Crippen LogP contribution in [-0.4, -0.2) is 30.6 Å². The van der Waals surface area contributed by atoms with Gasteiger partial charge in [0, 0.05) is 0 Å². The first kappa shape index (κ1) is 17.8. The van der Waals surface area contributed by atoms with Gasteiger partial charge in [0.15, 0.2) is 0 Å². The van der Waals surface area contributed by atoms with E-state index in [4.69, 9.17) is 4.74 Å². The first-order valence-corrected chi connectivity index (χ1v) is 6.74. The zero-order chi connectivity index (χ0) is 16.8. The molecule has 1 unspecified atom stereocenters. The average Bonchev–Trinajstić information content (AvgIpc) is 2.47. The second-order valence-electron chi connectivity index (χ2n) is 4.74. The van der Waals surface area contributed by atoms with E-state index in [1.807, 2.05) is 0 Å². The Hall–Kier alpha value is -2.24. The Labute approximate surface area is 127 Å². The standard InChI is InChI=1S/C16H18F2O4/c1-4-21-15(20)16(17,18)10-13(11(2)3)22-14(19)12-8-6-5-7-9-12/h5-9,13H,2,4,10H2,1,3H3. The summed E-state index contributed by atoms with van der Waals surface area (Å²) in [5.41, 5.74) is 0.446. The van der Waals surface area contributed by atoms with Crippen LogP contribution in [0.2, 0.25) is 0 Å².